The maximum atomic E-state index is 12.6. The topological polar surface area (TPSA) is 59.1 Å². The second kappa shape index (κ2) is 28.5. The number of carbonyl (C=O) groups is 2. The van der Waals surface area contributed by atoms with Gasteiger partial charge in [-0.1, -0.05) is 143 Å². The van der Waals surface area contributed by atoms with Crippen LogP contribution in [0.25, 0.3) is 0 Å². The van der Waals surface area contributed by atoms with Gasteiger partial charge in [-0.25, -0.2) is 9.59 Å². The van der Waals surface area contributed by atoms with Crippen LogP contribution in [-0.4, -0.2) is 61.4 Å². The van der Waals surface area contributed by atoms with E-state index in [1.54, 1.807) is 24.3 Å². The van der Waals surface area contributed by atoms with E-state index in [9.17, 15) is 9.59 Å². The van der Waals surface area contributed by atoms with E-state index < -0.39 is 0 Å². The van der Waals surface area contributed by atoms with Gasteiger partial charge in [0.15, 0.2) is 0 Å². The van der Waals surface area contributed by atoms with E-state index in [-0.39, 0.29) is 11.9 Å². The molecule has 0 bridgehead atoms. The standard InChI is InChI=1S/C38H68N2O4/c1-5-9-11-13-15-17-19-21-23-25-31-39(7-3)33-43-37(41)35-27-29-36(30-28-35)38(42)44-34-40(8-4)32-26-24-22-20-18-16-14-12-10-6-2/h27-30H,5-26,31-34H2,1-4H3. The number of hydrogen-bond acceptors (Lipinski definition) is 6. The van der Waals surface area contributed by atoms with Crippen LogP contribution in [0, 0.1) is 0 Å². The molecule has 6 heteroatoms. The zero-order chi connectivity index (χ0) is 32.1. The van der Waals surface area contributed by atoms with Gasteiger partial charge in [0.25, 0.3) is 0 Å². The van der Waals surface area contributed by atoms with Crippen molar-refractivity contribution in [2.75, 3.05) is 39.6 Å². The number of benzene rings is 1. The highest BCUT2D eigenvalue weighted by Gasteiger charge is 2.14. The first-order valence-corrected chi connectivity index (χ1v) is 18.4. The first-order chi connectivity index (χ1) is 21.5. The summed E-state index contributed by atoms with van der Waals surface area (Å²) < 4.78 is 11.1. The summed E-state index contributed by atoms with van der Waals surface area (Å²) in [4.78, 5) is 29.6. The molecule has 0 heterocycles. The molecular weight excluding hydrogens is 548 g/mol. The predicted octanol–water partition coefficient (Wildman–Crippen LogP) is 10.4. The van der Waals surface area contributed by atoms with Gasteiger partial charge in [0.1, 0.15) is 13.5 Å². The van der Waals surface area contributed by atoms with Gasteiger partial charge >= 0.3 is 11.9 Å². The molecule has 1 aromatic carbocycles. The van der Waals surface area contributed by atoms with Crippen molar-refractivity contribution in [1.82, 2.24) is 9.80 Å². The fraction of sp³-hybridized carbons (Fsp3) is 0.789. The molecule has 0 fully saturated rings. The first kappa shape index (κ1) is 40.1. The largest absolute Gasteiger partial charge is 0.446 e. The predicted molar refractivity (Wildman–Crippen MR) is 185 cm³/mol. The Morgan fingerprint density at radius 1 is 0.455 bits per heavy atom. The number of hydrogen-bond donors (Lipinski definition) is 0. The molecule has 0 aliphatic heterocycles. The minimum Gasteiger partial charge on any atom is -0.446 e. The van der Waals surface area contributed by atoms with Crippen LogP contribution in [0.5, 0.6) is 0 Å². The normalized spacial score (nSPS) is 11.4. The van der Waals surface area contributed by atoms with E-state index in [0.717, 1.165) is 39.0 Å². The molecule has 44 heavy (non-hydrogen) atoms. The molecule has 254 valence electrons. The van der Waals surface area contributed by atoms with Gasteiger partial charge < -0.3 is 9.47 Å². The Kier molecular flexibility index (Phi) is 26.0. The van der Waals surface area contributed by atoms with Gasteiger partial charge in [-0.2, -0.15) is 0 Å². The Labute approximate surface area is 271 Å². The van der Waals surface area contributed by atoms with Crippen LogP contribution >= 0.6 is 0 Å². The summed E-state index contributed by atoms with van der Waals surface area (Å²) in [7, 11) is 0. The average Bonchev–Trinajstić information content (AvgIpc) is 3.05. The van der Waals surface area contributed by atoms with Gasteiger partial charge in [0.05, 0.1) is 11.1 Å². The quantitative estimate of drug-likeness (QED) is 0.0487. The lowest BCUT2D eigenvalue weighted by molar-refractivity contribution is 0.0211. The molecule has 6 nitrogen and oxygen atoms in total. The SMILES string of the molecule is CCCCCCCCCCCCN(CC)COC(=O)c1ccc(C(=O)OCN(CC)CCCCCCCCCCCC)cc1. The molecule has 0 atom stereocenters. The number of esters is 2. The summed E-state index contributed by atoms with van der Waals surface area (Å²) in [5.41, 5.74) is 0.903. The highest BCUT2D eigenvalue weighted by molar-refractivity contribution is 5.93. The summed E-state index contributed by atoms with van der Waals surface area (Å²) in [6.45, 7) is 12.9. The third kappa shape index (κ3) is 20.9. The molecule has 0 aliphatic carbocycles. The molecule has 0 N–H and O–H groups in total. The van der Waals surface area contributed by atoms with Crippen LogP contribution in [0.3, 0.4) is 0 Å². The van der Waals surface area contributed by atoms with E-state index in [1.165, 1.54) is 116 Å². The highest BCUT2D eigenvalue weighted by Crippen LogP contribution is 2.13. The maximum absolute atomic E-state index is 12.6. The first-order valence-electron chi connectivity index (χ1n) is 18.4. The number of rotatable bonds is 30. The molecule has 0 spiro atoms. The minimum absolute atomic E-state index is 0.294. The van der Waals surface area contributed by atoms with Crippen molar-refractivity contribution < 1.29 is 19.1 Å². The lowest BCUT2D eigenvalue weighted by Crippen LogP contribution is -2.29. The molecule has 1 rings (SSSR count). The Balaban J connectivity index is 2.22. The van der Waals surface area contributed by atoms with Crippen molar-refractivity contribution in [3.63, 3.8) is 0 Å². The molecule has 0 radical (unpaired) electrons. The van der Waals surface area contributed by atoms with Crippen LogP contribution in [0.15, 0.2) is 24.3 Å². The molecule has 0 aliphatic rings. The fourth-order valence-corrected chi connectivity index (χ4v) is 5.48. The van der Waals surface area contributed by atoms with Crippen molar-refractivity contribution in [3.8, 4) is 0 Å². The van der Waals surface area contributed by atoms with Crippen LogP contribution < -0.4 is 0 Å². The highest BCUT2D eigenvalue weighted by atomic mass is 16.5. The van der Waals surface area contributed by atoms with E-state index in [4.69, 9.17) is 9.47 Å². The van der Waals surface area contributed by atoms with Crippen molar-refractivity contribution in [2.24, 2.45) is 0 Å². The third-order valence-corrected chi connectivity index (χ3v) is 8.66. The Morgan fingerprint density at radius 3 is 1.00 bits per heavy atom. The zero-order valence-electron chi connectivity index (χ0n) is 29.2. The van der Waals surface area contributed by atoms with Crippen LogP contribution in [-0.2, 0) is 9.47 Å². The average molecular weight is 617 g/mol. The minimum atomic E-state index is -0.361. The van der Waals surface area contributed by atoms with Gasteiger partial charge in [-0.15, -0.1) is 0 Å². The Morgan fingerprint density at radius 2 is 0.727 bits per heavy atom. The maximum Gasteiger partial charge on any atom is 0.339 e. The van der Waals surface area contributed by atoms with E-state index in [1.807, 2.05) is 0 Å². The summed E-state index contributed by atoms with van der Waals surface area (Å²) in [5, 5.41) is 0. The van der Waals surface area contributed by atoms with Crippen LogP contribution in [0.4, 0.5) is 0 Å². The molecule has 0 unspecified atom stereocenters. The summed E-state index contributed by atoms with van der Waals surface area (Å²) in [6, 6.07) is 6.61. The summed E-state index contributed by atoms with van der Waals surface area (Å²) in [6.07, 6.45) is 26.3. The molecule has 0 saturated heterocycles. The molecular formula is C38H68N2O4. The number of unbranched alkanes of at least 4 members (excludes halogenated alkanes) is 18. The molecule has 0 amide bonds. The Bertz CT molecular complexity index is 747. The number of carbonyl (C=O) groups excluding carboxylic acids is 2. The van der Waals surface area contributed by atoms with Crippen LogP contribution in [0.2, 0.25) is 0 Å². The molecule has 0 saturated carbocycles. The number of nitrogens with zero attached hydrogens (tertiary/aromatic N) is 2. The summed E-state index contributed by atoms with van der Waals surface area (Å²) in [5.74, 6) is -0.722. The van der Waals surface area contributed by atoms with Gasteiger partial charge in [-0.05, 0) is 50.2 Å². The lowest BCUT2D eigenvalue weighted by atomic mass is 10.1. The van der Waals surface area contributed by atoms with Crippen molar-refractivity contribution in [3.05, 3.63) is 35.4 Å². The van der Waals surface area contributed by atoms with E-state index >= 15 is 0 Å². The van der Waals surface area contributed by atoms with Gasteiger partial charge in [0.2, 0.25) is 0 Å². The number of ether oxygens (including phenoxy) is 2. The van der Waals surface area contributed by atoms with E-state index in [0.29, 0.717) is 24.6 Å². The van der Waals surface area contributed by atoms with E-state index in [2.05, 4.69) is 37.5 Å². The van der Waals surface area contributed by atoms with Crippen molar-refractivity contribution in [2.45, 2.75) is 156 Å². The van der Waals surface area contributed by atoms with Gasteiger partial charge in [0, 0.05) is 13.1 Å². The second-order valence-corrected chi connectivity index (χ2v) is 12.5. The van der Waals surface area contributed by atoms with Gasteiger partial charge in [-0.3, -0.25) is 9.80 Å². The Hall–Kier alpha value is -1.92. The second-order valence-electron chi connectivity index (χ2n) is 12.5. The summed E-state index contributed by atoms with van der Waals surface area (Å²) >= 11 is 0. The third-order valence-electron chi connectivity index (χ3n) is 8.66. The zero-order valence-corrected chi connectivity index (χ0v) is 29.2. The smallest absolute Gasteiger partial charge is 0.339 e. The lowest BCUT2D eigenvalue weighted by Gasteiger charge is -2.20. The molecule has 0 aromatic heterocycles. The monoisotopic (exact) mass is 617 g/mol. The fourth-order valence-electron chi connectivity index (χ4n) is 5.48. The van der Waals surface area contributed by atoms with Crippen molar-refractivity contribution in [1.29, 1.82) is 0 Å². The van der Waals surface area contributed by atoms with Crippen LogP contribution in [0.1, 0.15) is 177 Å². The molecule has 1 aromatic rings. The van der Waals surface area contributed by atoms with Crippen molar-refractivity contribution >= 4 is 11.9 Å².